The summed E-state index contributed by atoms with van der Waals surface area (Å²) in [6, 6.07) is 41.3. The Bertz CT molecular complexity index is 1880. The minimum absolute atomic E-state index is 0.183. The van der Waals surface area contributed by atoms with Crippen molar-refractivity contribution in [2.24, 2.45) is 0 Å². The minimum Gasteiger partial charge on any atom is -0.466 e. The number of ether oxygens (including phenoxy) is 1. The van der Waals surface area contributed by atoms with Crippen LogP contribution in [-0.2, 0) is 20.7 Å². The second kappa shape index (κ2) is 12.8. The number of benzene rings is 5. The normalized spacial score (nSPS) is 12.8. The Hall–Kier alpha value is -5.53. The molecule has 0 bridgehead atoms. The zero-order valence-electron chi connectivity index (χ0n) is 25.8. The monoisotopic (exact) mass is 609 g/mol. The van der Waals surface area contributed by atoms with E-state index in [-0.39, 0.29) is 18.9 Å². The number of aromatic nitrogens is 2. The molecule has 230 valence electrons. The highest BCUT2D eigenvalue weighted by atomic mass is 16.5. The van der Waals surface area contributed by atoms with E-state index in [0.717, 1.165) is 27.5 Å². The third kappa shape index (κ3) is 5.46. The average Bonchev–Trinajstić information content (AvgIpc) is 3.61. The molecule has 0 saturated carbocycles. The number of fused-ring (bicyclic) bond motifs is 1. The number of carbonyl (C=O) groups excluding carboxylic acids is 2. The maximum atomic E-state index is 13.0. The lowest BCUT2D eigenvalue weighted by Gasteiger charge is -2.37. The molecule has 0 aliphatic heterocycles. The van der Waals surface area contributed by atoms with Gasteiger partial charge in [0.15, 0.2) is 0 Å². The van der Waals surface area contributed by atoms with E-state index in [4.69, 9.17) is 9.72 Å². The molecule has 1 heterocycles. The van der Waals surface area contributed by atoms with E-state index in [1.807, 2.05) is 83.6 Å². The quantitative estimate of drug-likeness (QED) is 0.138. The van der Waals surface area contributed by atoms with Crippen LogP contribution in [0.25, 0.3) is 10.8 Å². The Balaban J connectivity index is 1.56. The Morgan fingerprint density at radius 2 is 1.30 bits per heavy atom. The molecule has 46 heavy (non-hydrogen) atoms. The van der Waals surface area contributed by atoms with Crippen LogP contribution in [0.3, 0.4) is 0 Å². The second-order valence-corrected chi connectivity index (χ2v) is 11.2. The molecule has 1 unspecified atom stereocenters. The van der Waals surface area contributed by atoms with Crippen molar-refractivity contribution in [3.8, 4) is 0 Å². The zero-order chi connectivity index (χ0) is 32.1. The number of carbonyl (C=O) groups is 2. The highest BCUT2D eigenvalue weighted by Crippen LogP contribution is 2.42. The molecule has 1 aromatic heterocycles. The maximum Gasteiger partial charge on any atom is 0.309 e. The number of nitrogens with zero attached hydrogens (tertiary/aromatic N) is 2. The summed E-state index contributed by atoms with van der Waals surface area (Å²) in [6.07, 6.45) is 3.20. The smallest absolute Gasteiger partial charge is 0.309 e. The van der Waals surface area contributed by atoms with E-state index >= 15 is 0 Å². The molecule has 0 fully saturated rings. The predicted octanol–water partition coefficient (Wildman–Crippen LogP) is 6.43. The fraction of sp³-hybridized carbons (Fsp3) is 0.154. The van der Waals surface area contributed by atoms with Crippen molar-refractivity contribution in [3.63, 3.8) is 0 Å². The Morgan fingerprint density at radius 3 is 1.85 bits per heavy atom. The van der Waals surface area contributed by atoms with Gasteiger partial charge in [0.2, 0.25) is 0 Å². The summed E-state index contributed by atoms with van der Waals surface area (Å²) in [5, 5.41) is 16.8. The van der Waals surface area contributed by atoms with Crippen molar-refractivity contribution in [3.05, 3.63) is 173 Å². The van der Waals surface area contributed by atoms with Gasteiger partial charge in [-0.25, -0.2) is 4.98 Å². The third-order valence-electron chi connectivity index (χ3n) is 8.48. The average molecular weight is 610 g/mol. The summed E-state index contributed by atoms with van der Waals surface area (Å²) < 4.78 is 7.34. The van der Waals surface area contributed by atoms with Crippen molar-refractivity contribution in [1.29, 1.82) is 0 Å². The van der Waals surface area contributed by atoms with E-state index in [1.54, 1.807) is 38.5 Å². The minimum atomic E-state index is -1.82. The lowest BCUT2D eigenvalue weighted by Crippen LogP contribution is -2.37. The van der Waals surface area contributed by atoms with Crippen LogP contribution in [-0.4, -0.2) is 40.2 Å². The first-order valence-corrected chi connectivity index (χ1v) is 15.3. The molecular weight excluding hydrogens is 574 g/mol. The highest BCUT2D eigenvalue weighted by molar-refractivity contribution is 5.98. The first-order valence-electron chi connectivity index (χ1n) is 15.3. The summed E-state index contributed by atoms with van der Waals surface area (Å²) in [6.45, 7) is 1.92. The molecule has 7 nitrogen and oxygen atoms in total. The van der Waals surface area contributed by atoms with Crippen LogP contribution in [0.2, 0.25) is 0 Å². The maximum absolute atomic E-state index is 13.0. The SMILES string of the molecule is CCOC(=O)CC(O)(c1ccc2cc(C(=O)NC)ccc2c1)c1cn(C(c2ccccc2)(c2ccccc2)c2ccccc2)cn1. The summed E-state index contributed by atoms with van der Waals surface area (Å²) >= 11 is 0. The van der Waals surface area contributed by atoms with Crippen LogP contribution < -0.4 is 5.32 Å². The Morgan fingerprint density at radius 1 is 0.761 bits per heavy atom. The van der Waals surface area contributed by atoms with Gasteiger partial charge in [0, 0.05) is 18.8 Å². The zero-order valence-corrected chi connectivity index (χ0v) is 25.8. The van der Waals surface area contributed by atoms with Gasteiger partial charge in [0.05, 0.1) is 25.0 Å². The number of rotatable bonds is 10. The number of hydrogen-bond donors (Lipinski definition) is 2. The fourth-order valence-electron chi connectivity index (χ4n) is 6.26. The van der Waals surface area contributed by atoms with Crippen molar-refractivity contribution >= 4 is 22.6 Å². The molecule has 2 N–H and O–H groups in total. The van der Waals surface area contributed by atoms with Crippen molar-refractivity contribution in [1.82, 2.24) is 14.9 Å². The number of esters is 1. The van der Waals surface area contributed by atoms with Gasteiger partial charge in [-0.15, -0.1) is 0 Å². The van der Waals surface area contributed by atoms with Gasteiger partial charge in [-0.1, -0.05) is 109 Å². The van der Waals surface area contributed by atoms with Crippen molar-refractivity contribution in [2.75, 3.05) is 13.7 Å². The molecule has 0 radical (unpaired) electrons. The van der Waals surface area contributed by atoms with Crippen molar-refractivity contribution in [2.45, 2.75) is 24.5 Å². The number of aliphatic hydroxyl groups is 1. The standard InChI is InChI=1S/C39H35N3O4/c1-3-46-36(43)25-38(45,34-22-21-28-23-30(37(44)40-2)20-19-29(28)24-34)35-26-42(27-41-35)39(31-13-7-4-8-14-31,32-15-9-5-10-16-32)33-17-11-6-12-18-33/h4-24,26-27,45H,3,25H2,1-2H3,(H,40,44). The molecule has 7 heteroatoms. The van der Waals surface area contributed by atoms with Gasteiger partial charge < -0.3 is 19.7 Å². The Kier molecular flexibility index (Phi) is 8.51. The molecular formula is C39H35N3O4. The Labute approximate surface area is 268 Å². The first-order chi connectivity index (χ1) is 22.4. The largest absolute Gasteiger partial charge is 0.466 e. The van der Waals surface area contributed by atoms with Gasteiger partial charge in [-0.3, -0.25) is 9.59 Å². The van der Waals surface area contributed by atoms with Crippen LogP contribution in [0.5, 0.6) is 0 Å². The summed E-state index contributed by atoms with van der Waals surface area (Å²) in [5.41, 5.74) is 1.65. The van der Waals surface area contributed by atoms with Gasteiger partial charge in [0.1, 0.15) is 11.1 Å². The van der Waals surface area contributed by atoms with Crippen LogP contribution in [0, 0.1) is 0 Å². The lowest BCUT2D eigenvalue weighted by atomic mass is 9.76. The second-order valence-electron chi connectivity index (χ2n) is 11.2. The highest BCUT2D eigenvalue weighted by Gasteiger charge is 2.42. The van der Waals surface area contributed by atoms with Crippen LogP contribution in [0.1, 0.15) is 51.7 Å². The van der Waals surface area contributed by atoms with E-state index in [1.165, 1.54) is 0 Å². The summed E-state index contributed by atoms with van der Waals surface area (Å²) in [5.74, 6) is -0.732. The molecule has 0 aliphatic carbocycles. The van der Waals surface area contributed by atoms with Crippen LogP contribution in [0.15, 0.2) is 140 Å². The molecule has 0 spiro atoms. The number of imidazole rings is 1. The van der Waals surface area contributed by atoms with Crippen LogP contribution >= 0.6 is 0 Å². The summed E-state index contributed by atoms with van der Waals surface area (Å²) in [4.78, 5) is 30.1. The molecule has 6 rings (SSSR count). The number of hydrogen-bond acceptors (Lipinski definition) is 5. The molecule has 0 saturated heterocycles. The lowest BCUT2D eigenvalue weighted by molar-refractivity contribution is -0.147. The van der Waals surface area contributed by atoms with Gasteiger partial charge in [-0.2, -0.15) is 0 Å². The topological polar surface area (TPSA) is 93.5 Å². The van der Waals surface area contributed by atoms with Gasteiger partial charge in [0.25, 0.3) is 5.91 Å². The predicted molar refractivity (Wildman–Crippen MR) is 178 cm³/mol. The molecule has 1 amide bonds. The van der Waals surface area contributed by atoms with E-state index in [2.05, 4.69) is 41.7 Å². The third-order valence-corrected chi connectivity index (χ3v) is 8.48. The molecule has 0 aliphatic rings. The van der Waals surface area contributed by atoms with E-state index in [9.17, 15) is 14.7 Å². The van der Waals surface area contributed by atoms with Gasteiger partial charge >= 0.3 is 5.97 Å². The van der Waals surface area contributed by atoms with E-state index in [0.29, 0.717) is 16.8 Å². The number of nitrogens with one attached hydrogen (secondary N) is 1. The van der Waals surface area contributed by atoms with Crippen molar-refractivity contribution < 1.29 is 19.4 Å². The summed E-state index contributed by atoms with van der Waals surface area (Å²) in [7, 11) is 1.59. The van der Waals surface area contributed by atoms with Gasteiger partial charge in [-0.05, 0) is 58.1 Å². The molecule has 6 aromatic rings. The first kappa shape index (κ1) is 30.5. The van der Waals surface area contributed by atoms with Crippen LogP contribution in [0.4, 0.5) is 0 Å². The van der Waals surface area contributed by atoms with E-state index < -0.39 is 17.1 Å². The fourth-order valence-corrected chi connectivity index (χ4v) is 6.26. The molecule has 1 atom stereocenters. The molecule has 5 aromatic carbocycles. The number of amides is 1.